The highest BCUT2D eigenvalue weighted by Gasteiger charge is 2.12. The highest BCUT2D eigenvalue weighted by atomic mass is 14.6. The number of nitrogens with two attached hydrogens (primary N) is 1. The Balaban J connectivity index is 3.24. The molecule has 20 heavy (non-hydrogen) atoms. The van der Waals surface area contributed by atoms with Gasteiger partial charge in [-0.2, -0.15) is 0 Å². The zero-order chi connectivity index (χ0) is 15.1. The summed E-state index contributed by atoms with van der Waals surface area (Å²) in [5.74, 6) is 0.652. The molecule has 0 aromatic heterocycles. The molecular formula is C19H29N. The minimum atomic E-state index is 0.652. The summed E-state index contributed by atoms with van der Waals surface area (Å²) in [6.07, 6.45) is 13.9. The van der Waals surface area contributed by atoms with Crippen molar-refractivity contribution in [3.05, 3.63) is 58.4 Å². The first-order chi connectivity index (χ1) is 9.47. The van der Waals surface area contributed by atoms with E-state index in [9.17, 15) is 0 Å². The fourth-order valence-electron chi connectivity index (χ4n) is 2.52. The number of rotatable bonds is 3. The van der Waals surface area contributed by atoms with Crippen LogP contribution in [0.5, 0.6) is 0 Å². The van der Waals surface area contributed by atoms with Crippen molar-refractivity contribution in [3.63, 3.8) is 0 Å². The van der Waals surface area contributed by atoms with Gasteiger partial charge in [0, 0.05) is 11.3 Å². The number of allylic oxidation sites excluding steroid dienone is 8. The van der Waals surface area contributed by atoms with Gasteiger partial charge in [-0.05, 0) is 57.1 Å². The normalized spacial score (nSPS) is 32.0. The zero-order valence-electron chi connectivity index (χ0n) is 13.7. The summed E-state index contributed by atoms with van der Waals surface area (Å²) >= 11 is 0. The summed E-state index contributed by atoms with van der Waals surface area (Å²) in [4.78, 5) is 0. The van der Waals surface area contributed by atoms with Gasteiger partial charge < -0.3 is 5.73 Å². The van der Waals surface area contributed by atoms with E-state index in [4.69, 9.17) is 5.73 Å². The molecular weight excluding hydrogens is 242 g/mol. The molecule has 1 rings (SSSR count). The Morgan fingerprint density at radius 3 is 2.55 bits per heavy atom. The summed E-state index contributed by atoms with van der Waals surface area (Å²) in [6, 6.07) is 0. The van der Waals surface area contributed by atoms with Crippen LogP contribution >= 0.6 is 0 Å². The van der Waals surface area contributed by atoms with Crippen molar-refractivity contribution >= 4 is 0 Å². The average Bonchev–Trinajstić information content (AvgIpc) is 2.45. The van der Waals surface area contributed by atoms with Crippen LogP contribution in [0.3, 0.4) is 0 Å². The Morgan fingerprint density at radius 2 is 1.90 bits per heavy atom. The van der Waals surface area contributed by atoms with Crippen LogP contribution in [0.1, 0.15) is 53.9 Å². The molecule has 1 aliphatic rings. The molecule has 1 nitrogen and oxygen atoms in total. The van der Waals surface area contributed by atoms with E-state index in [2.05, 4.69) is 65.0 Å². The second-order valence-corrected chi connectivity index (χ2v) is 5.84. The molecule has 2 N–H and O–H groups in total. The lowest BCUT2D eigenvalue weighted by molar-refractivity contribution is 0.583. The van der Waals surface area contributed by atoms with Crippen LogP contribution in [-0.4, -0.2) is 0 Å². The summed E-state index contributed by atoms with van der Waals surface area (Å²) < 4.78 is 0. The lowest BCUT2D eigenvalue weighted by Gasteiger charge is -2.13. The Kier molecular flexibility index (Phi) is 6.57. The van der Waals surface area contributed by atoms with E-state index in [0.717, 1.165) is 30.5 Å². The van der Waals surface area contributed by atoms with Crippen molar-refractivity contribution in [2.24, 2.45) is 11.7 Å². The monoisotopic (exact) mass is 271 g/mol. The largest absolute Gasteiger partial charge is 0.398 e. The molecule has 1 heteroatoms. The van der Waals surface area contributed by atoms with Gasteiger partial charge in [-0.15, -0.1) is 0 Å². The predicted octanol–water partition coefficient (Wildman–Crippen LogP) is 5.43. The molecule has 1 aliphatic carbocycles. The van der Waals surface area contributed by atoms with Crippen molar-refractivity contribution in [3.8, 4) is 0 Å². The Morgan fingerprint density at radius 1 is 1.20 bits per heavy atom. The molecule has 0 spiro atoms. The Bertz CT molecular complexity index is 484. The van der Waals surface area contributed by atoms with Crippen LogP contribution in [-0.2, 0) is 0 Å². The number of hydrogen-bond acceptors (Lipinski definition) is 1. The summed E-state index contributed by atoms with van der Waals surface area (Å²) in [6.45, 7) is 11.1. The molecule has 0 aliphatic heterocycles. The zero-order valence-corrected chi connectivity index (χ0v) is 13.7. The first-order valence-electron chi connectivity index (χ1n) is 7.64. The SMILES string of the molecule is CC\C=C\C=C/C1=C(C)/C(C)=C(/C)CC(C)C/C=C\1N. The van der Waals surface area contributed by atoms with E-state index in [1.54, 1.807) is 0 Å². The van der Waals surface area contributed by atoms with Gasteiger partial charge in [0.05, 0.1) is 0 Å². The van der Waals surface area contributed by atoms with E-state index in [1.807, 2.05) is 0 Å². The fourth-order valence-corrected chi connectivity index (χ4v) is 2.52. The lowest BCUT2D eigenvalue weighted by atomic mass is 9.93. The predicted molar refractivity (Wildman–Crippen MR) is 90.3 cm³/mol. The van der Waals surface area contributed by atoms with E-state index in [0.29, 0.717) is 5.92 Å². The second-order valence-electron chi connectivity index (χ2n) is 5.84. The van der Waals surface area contributed by atoms with Gasteiger partial charge in [0.1, 0.15) is 0 Å². The van der Waals surface area contributed by atoms with Crippen LogP contribution in [0.4, 0.5) is 0 Å². The maximum Gasteiger partial charge on any atom is 0.0349 e. The first kappa shape index (κ1) is 16.6. The lowest BCUT2D eigenvalue weighted by Crippen LogP contribution is -2.03. The van der Waals surface area contributed by atoms with Gasteiger partial charge in [-0.25, -0.2) is 0 Å². The highest BCUT2D eigenvalue weighted by Crippen LogP contribution is 2.28. The molecule has 0 amide bonds. The van der Waals surface area contributed by atoms with E-state index in [1.165, 1.54) is 16.7 Å². The van der Waals surface area contributed by atoms with Gasteiger partial charge in [0.2, 0.25) is 0 Å². The molecule has 110 valence electrons. The van der Waals surface area contributed by atoms with Crippen molar-refractivity contribution < 1.29 is 0 Å². The molecule has 0 aromatic rings. The van der Waals surface area contributed by atoms with Crippen LogP contribution in [0, 0.1) is 5.92 Å². The van der Waals surface area contributed by atoms with Crippen molar-refractivity contribution in [2.75, 3.05) is 0 Å². The standard InChI is InChI=1S/C19H29N/c1-6-7-8-9-10-18-17(5)16(4)15(3)13-14(2)11-12-19(18)20/h7-10,12,14H,6,11,13,20H2,1-5H3/b8-7+,10-9-,16-15-,18-17-,19-12+. The molecule has 0 bridgehead atoms. The molecule has 0 aromatic carbocycles. The molecule has 1 atom stereocenters. The molecule has 0 heterocycles. The van der Waals surface area contributed by atoms with E-state index < -0.39 is 0 Å². The first-order valence-corrected chi connectivity index (χ1v) is 7.64. The van der Waals surface area contributed by atoms with Crippen LogP contribution in [0.25, 0.3) is 0 Å². The fraction of sp³-hybridized carbons (Fsp3) is 0.474. The third kappa shape index (κ3) is 4.56. The third-order valence-corrected chi connectivity index (χ3v) is 4.06. The minimum absolute atomic E-state index is 0.652. The molecule has 1 unspecified atom stereocenters. The Labute approximate surface area is 124 Å². The summed E-state index contributed by atoms with van der Waals surface area (Å²) in [7, 11) is 0. The quantitative estimate of drug-likeness (QED) is 0.680. The molecule has 0 fully saturated rings. The van der Waals surface area contributed by atoms with Gasteiger partial charge >= 0.3 is 0 Å². The minimum Gasteiger partial charge on any atom is -0.398 e. The van der Waals surface area contributed by atoms with Crippen molar-refractivity contribution in [2.45, 2.75) is 53.9 Å². The van der Waals surface area contributed by atoms with Crippen LogP contribution in [0.15, 0.2) is 58.4 Å². The van der Waals surface area contributed by atoms with Gasteiger partial charge in [-0.3, -0.25) is 0 Å². The highest BCUT2D eigenvalue weighted by molar-refractivity contribution is 5.50. The Hall–Kier alpha value is -1.50. The number of hydrogen-bond donors (Lipinski definition) is 1. The van der Waals surface area contributed by atoms with Gasteiger partial charge in [0.25, 0.3) is 0 Å². The summed E-state index contributed by atoms with van der Waals surface area (Å²) in [5.41, 5.74) is 12.5. The van der Waals surface area contributed by atoms with Crippen molar-refractivity contribution in [1.82, 2.24) is 0 Å². The van der Waals surface area contributed by atoms with E-state index >= 15 is 0 Å². The summed E-state index contributed by atoms with van der Waals surface area (Å²) in [5, 5.41) is 0. The third-order valence-electron chi connectivity index (χ3n) is 4.06. The topological polar surface area (TPSA) is 26.0 Å². The average molecular weight is 271 g/mol. The van der Waals surface area contributed by atoms with E-state index in [-0.39, 0.29) is 0 Å². The second kappa shape index (κ2) is 7.94. The van der Waals surface area contributed by atoms with Gasteiger partial charge in [-0.1, -0.05) is 49.8 Å². The molecule has 0 saturated heterocycles. The maximum atomic E-state index is 6.30. The maximum absolute atomic E-state index is 6.30. The van der Waals surface area contributed by atoms with Crippen molar-refractivity contribution in [1.29, 1.82) is 0 Å². The molecule has 0 radical (unpaired) electrons. The van der Waals surface area contributed by atoms with Crippen LogP contribution in [0.2, 0.25) is 0 Å². The van der Waals surface area contributed by atoms with Crippen LogP contribution < -0.4 is 5.73 Å². The van der Waals surface area contributed by atoms with Gasteiger partial charge in [0.15, 0.2) is 0 Å². The smallest absolute Gasteiger partial charge is 0.0349 e. The molecule has 0 saturated carbocycles.